The van der Waals surface area contributed by atoms with Crippen LogP contribution in [0.3, 0.4) is 0 Å². The molecule has 0 fully saturated rings. The number of nitrogens with one attached hydrogen (secondary N) is 1. The Kier molecular flexibility index (Phi) is 2.41. The molecule has 2 rings (SSSR count). The largest absolute Gasteiger partial charge is 0.481 e. The Labute approximate surface area is 95.5 Å². The molecule has 1 aromatic carbocycles. The van der Waals surface area contributed by atoms with E-state index in [0.717, 1.165) is 23.4 Å². The molecule has 16 heavy (non-hydrogen) atoms. The lowest BCUT2D eigenvalue weighted by Crippen LogP contribution is -2.29. The van der Waals surface area contributed by atoms with Crippen LogP contribution in [0.2, 0.25) is 0 Å². The lowest BCUT2D eigenvalue weighted by Gasteiger charge is -2.24. The predicted molar refractivity (Wildman–Crippen MR) is 64.0 cm³/mol. The van der Waals surface area contributed by atoms with Crippen LogP contribution in [0.4, 0.5) is 5.69 Å². The molecule has 1 aromatic rings. The van der Waals surface area contributed by atoms with Gasteiger partial charge in [-0.25, -0.2) is 0 Å². The summed E-state index contributed by atoms with van der Waals surface area (Å²) in [6.07, 6.45) is 0. The summed E-state index contributed by atoms with van der Waals surface area (Å²) in [5.41, 5.74) is 2.34. The zero-order chi connectivity index (χ0) is 11.9. The maximum Gasteiger partial charge on any atom is 0.313 e. The molecule has 0 radical (unpaired) electrons. The van der Waals surface area contributed by atoms with Gasteiger partial charge in [0.15, 0.2) is 0 Å². The molecule has 2 N–H and O–H groups in total. The number of carboxylic acids is 1. The van der Waals surface area contributed by atoms with Crippen molar-refractivity contribution in [1.82, 2.24) is 0 Å². The minimum atomic E-state index is -0.828. The summed E-state index contributed by atoms with van der Waals surface area (Å²) >= 11 is 0. The van der Waals surface area contributed by atoms with Crippen molar-refractivity contribution in [1.29, 1.82) is 0 Å². The van der Waals surface area contributed by atoms with Gasteiger partial charge in [0.1, 0.15) is 0 Å². The summed E-state index contributed by atoms with van der Waals surface area (Å²) < 4.78 is 0. The molecule has 0 amide bonds. The zero-order valence-electron chi connectivity index (χ0n) is 9.87. The van der Waals surface area contributed by atoms with Gasteiger partial charge in [0.2, 0.25) is 0 Å². The SMILES string of the molecule is CC1CNc2cccc(C(C)(C)C(=O)O)c21. The minimum Gasteiger partial charge on any atom is -0.481 e. The molecule has 3 nitrogen and oxygen atoms in total. The number of hydrogen-bond donors (Lipinski definition) is 2. The fourth-order valence-electron chi connectivity index (χ4n) is 2.28. The lowest BCUT2D eigenvalue weighted by atomic mass is 9.79. The van der Waals surface area contributed by atoms with Crippen LogP contribution in [-0.4, -0.2) is 17.6 Å². The summed E-state index contributed by atoms with van der Waals surface area (Å²) in [5, 5.41) is 12.6. The Hall–Kier alpha value is -1.51. The topological polar surface area (TPSA) is 49.3 Å². The molecule has 0 spiro atoms. The van der Waals surface area contributed by atoms with Crippen molar-refractivity contribution >= 4 is 11.7 Å². The van der Waals surface area contributed by atoms with Crippen molar-refractivity contribution in [3.8, 4) is 0 Å². The molecule has 1 unspecified atom stereocenters. The molecule has 3 heteroatoms. The fraction of sp³-hybridized carbons (Fsp3) is 0.462. The van der Waals surface area contributed by atoms with E-state index in [0.29, 0.717) is 5.92 Å². The van der Waals surface area contributed by atoms with Gasteiger partial charge in [-0.15, -0.1) is 0 Å². The van der Waals surface area contributed by atoms with Crippen LogP contribution in [0.5, 0.6) is 0 Å². The maximum atomic E-state index is 11.3. The van der Waals surface area contributed by atoms with Gasteiger partial charge >= 0.3 is 5.97 Å². The number of carbonyl (C=O) groups is 1. The lowest BCUT2D eigenvalue weighted by molar-refractivity contribution is -0.142. The second-order valence-corrected chi connectivity index (χ2v) is 4.98. The summed E-state index contributed by atoms with van der Waals surface area (Å²) in [6.45, 7) is 6.54. The van der Waals surface area contributed by atoms with E-state index in [2.05, 4.69) is 12.2 Å². The predicted octanol–water partition coefficient (Wildman–Crippen LogP) is 2.58. The highest BCUT2D eigenvalue weighted by atomic mass is 16.4. The van der Waals surface area contributed by atoms with E-state index < -0.39 is 11.4 Å². The van der Waals surface area contributed by atoms with Gasteiger partial charge in [-0.05, 0) is 31.0 Å². The first-order chi connectivity index (χ1) is 7.44. The van der Waals surface area contributed by atoms with E-state index in [1.54, 1.807) is 13.8 Å². The van der Waals surface area contributed by atoms with E-state index in [1.807, 2.05) is 18.2 Å². The third-order valence-electron chi connectivity index (χ3n) is 3.41. The van der Waals surface area contributed by atoms with Crippen molar-refractivity contribution in [2.45, 2.75) is 32.1 Å². The standard InChI is InChI=1S/C13H17NO2/c1-8-7-14-10-6-4-5-9(11(8)10)13(2,3)12(15)16/h4-6,8,14H,7H2,1-3H3,(H,15,16). The summed E-state index contributed by atoms with van der Waals surface area (Å²) in [6, 6.07) is 5.86. The Morgan fingerprint density at radius 3 is 2.81 bits per heavy atom. The van der Waals surface area contributed by atoms with Crippen LogP contribution in [0.15, 0.2) is 18.2 Å². The molecular formula is C13H17NO2. The summed E-state index contributed by atoms with van der Waals surface area (Å²) in [7, 11) is 0. The van der Waals surface area contributed by atoms with Gasteiger partial charge in [0.25, 0.3) is 0 Å². The molecule has 0 bridgehead atoms. The molecular weight excluding hydrogens is 202 g/mol. The monoisotopic (exact) mass is 219 g/mol. The van der Waals surface area contributed by atoms with Crippen LogP contribution in [-0.2, 0) is 10.2 Å². The summed E-state index contributed by atoms with van der Waals surface area (Å²) in [5.74, 6) is -0.398. The first-order valence-corrected chi connectivity index (χ1v) is 5.55. The molecule has 1 heterocycles. The normalized spacial score (nSPS) is 19.1. The molecule has 86 valence electrons. The van der Waals surface area contributed by atoms with Gasteiger partial charge in [0.05, 0.1) is 5.41 Å². The zero-order valence-corrected chi connectivity index (χ0v) is 9.87. The number of anilines is 1. The Morgan fingerprint density at radius 2 is 2.19 bits per heavy atom. The van der Waals surface area contributed by atoms with Gasteiger partial charge < -0.3 is 10.4 Å². The number of carboxylic acid groups (broad SMARTS) is 1. The quantitative estimate of drug-likeness (QED) is 0.803. The summed E-state index contributed by atoms with van der Waals surface area (Å²) in [4.78, 5) is 11.3. The van der Waals surface area contributed by atoms with Crippen LogP contribution < -0.4 is 5.32 Å². The fourth-order valence-corrected chi connectivity index (χ4v) is 2.28. The molecule has 1 aliphatic rings. The van der Waals surface area contributed by atoms with Crippen LogP contribution in [0.1, 0.15) is 37.8 Å². The second-order valence-electron chi connectivity index (χ2n) is 4.98. The number of benzene rings is 1. The van der Waals surface area contributed by atoms with Crippen LogP contribution >= 0.6 is 0 Å². The van der Waals surface area contributed by atoms with E-state index in [9.17, 15) is 9.90 Å². The molecule has 0 aromatic heterocycles. The van der Waals surface area contributed by atoms with E-state index in [4.69, 9.17) is 0 Å². The smallest absolute Gasteiger partial charge is 0.313 e. The molecule has 0 aliphatic carbocycles. The Balaban J connectivity index is 2.59. The number of hydrogen-bond acceptors (Lipinski definition) is 2. The van der Waals surface area contributed by atoms with E-state index >= 15 is 0 Å². The van der Waals surface area contributed by atoms with Crippen molar-refractivity contribution < 1.29 is 9.90 Å². The van der Waals surface area contributed by atoms with Gasteiger partial charge in [-0.1, -0.05) is 19.1 Å². The van der Waals surface area contributed by atoms with E-state index in [1.165, 1.54) is 0 Å². The van der Waals surface area contributed by atoms with Gasteiger partial charge in [-0.3, -0.25) is 4.79 Å². The minimum absolute atomic E-state index is 0.379. The maximum absolute atomic E-state index is 11.3. The van der Waals surface area contributed by atoms with Gasteiger partial charge in [0, 0.05) is 18.2 Å². The molecule has 1 atom stereocenters. The molecule has 0 saturated heterocycles. The van der Waals surface area contributed by atoms with Crippen molar-refractivity contribution in [2.75, 3.05) is 11.9 Å². The third-order valence-corrected chi connectivity index (χ3v) is 3.41. The average Bonchev–Trinajstić information content (AvgIpc) is 2.60. The third kappa shape index (κ3) is 1.47. The highest BCUT2D eigenvalue weighted by molar-refractivity contribution is 5.82. The second kappa shape index (κ2) is 3.51. The van der Waals surface area contributed by atoms with Crippen molar-refractivity contribution in [2.24, 2.45) is 0 Å². The number of aliphatic carboxylic acids is 1. The average molecular weight is 219 g/mol. The van der Waals surface area contributed by atoms with Crippen LogP contribution in [0, 0.1) is 0 Å². The first kappa shape index (κ1) is 11.0. The Morgan fingerprint density at radius 1 is 1.50 bits per heavy atom. The molecule has 1 aliphatic heterocycles. The first-order valence-electron chi connectivity index (χ1n) is 5.55. The van der Waals surface area contributed by atoms with Crippen LogP contribution in [0.25, 0.3) is 0 Å². The van der Waals surface area contributed by atoms with Crippen molar-refractivity contribution in [3.63, 3.8) is 0 Å². The van der Waals surface area contributed by atoms with Crippen molar-refractivity contribution in [3.05, 3.63) is 29.3 Å². The highest BCUT2D eigenvalue weighted by Gasteiger charge is 2.35. The Bertz CT molecular complexity index is 438. The van der Waals surface area contributed by atoms with Gasteiger partial charge in [-0.2, -0.15) is 0 Å². The van der Waals surface area contributed by atoms with E-state index in [-0.39, 0.29) is 0 Å². The number of rotatable bonds is 2. The highest BCUT2D eigenvalue weighted by Crippen LogP contribution is 2.39. The molecule has 0 saturated carbocycles. The number of fused-ring (bicyclic) bond motifs is 1.